The quantitative estimate of drug-likeness (QED) is 0.784. The third-order valence-corrected chi connectivity index (χ3v) is 3.82. The molecular formula is C19H22N4O. The van der Waals surface area contributed by atoms with Gasteiger partial charge in [-0.15, -0.1) is 0 Å². The van der Waals surface area contributed by atoms with E-state index in [9.17, 15) is 4.79 Å². The van der Waals surface area contributed by atoms with Crippen LogP contribution in [-0.4, -0.2) is 26.8 Å². The lowest BCUT2D eigenvalue weighted by molar-refractivity contribution is 0.0941. The van der Waals surface area contributed by atoms with Crippen LogP contribution in [0.5, 0.6) is 0 Å². The smallest absolute Gasteiger partial charge is 0.270 e. The summed E-state index contributed by atoms with van der Waals surface area (Å²) in [6, 6.07) is 15.5. The Kier molecular flexibility index (Phi) is 4.51. The van der Waals surface area contributed by atoms with E-state index in [1.807, 2.05) is 66.3 Å². The van der Waals surface area contributed by atoms with E-state index in [2.05, 4.69) is 24.3 Å². The summed E-state index contributed by atoms with van der Waals surface area (Å²) in [7, 11) is 1.97. The molecule has 1 N–H and O–H groups in total. The predicted molar refractivity (Wildman–Crippen MR) is 95.1 cm³/mol. The van der Waals surface area contributed by atoms with Crippen molar-refractivity contribution in [1.29, 1.82) is 0 Å². The van der Waals surface area contributed by atoms with Crippen molar-refractivity contribution in [3.8, 4) is 17.1 Å². The zero-order chi connectivity index (χ0) is 17.1. The van der Waals surface area contributed by atoms with Gasteiger partial charge in [0.25, 0.3) is 5.91 Å². The molecule has 1 aromatic carbocycles. The minimum Gasteiger partial charge on any atom is -0.350 e. The number of aryl methyl sites for hydroxylation is 1. The summed E-state index contributed by atoms with van der Waals surface area (Å²) >= 11 is 0. The van der Waals surface area contributed by atoms with Gasteiger partial charge in [0.15, 0.2) is 0 Å². The molecule has 0 aliphatic rings. The second-order valence-electron chi connectivity index (χ2n) is 6.27. The largest absolute Gasteiger partial charge is 0.350 e. The van der Waals surface area contributed by atoms with E-state index in [4.69, 9.17) is 0 Å². The van der Waals surface area contributed by atoms with E-state index in [0.29, 0.717) is 18.2 Å². The molecule has 2 aromatic heterocycles. The molecule has 1 amide bonds. The topological polar surface area (TPSA) is 51.9 Å². The highest BCUT2D eigenvalue weighted by Gasteiger charge is 2.18. The summed E-state index contributed by atoms with van der Waals surface area (Å²) in [5.41, 5.74) is 3.16. The molecule has 124 valence electrons. The molecule has 0 aliphatic carbocycles. The number of carbonyl (C=O) groups excluding carboxylic acids is 1. The molecule has 0 unspecified atom stereocenters. The molecule has 0 bridgehead atoms. The lowest BCUT2D eigenvalue weighted by Gasteiger charge is -2.09. The summed E-state index contributed by atoms with van der Waals surface area (Å²) in [4.78, 5) is 12.6. The number of benzene rings is 1. The third kappa shape index (κ3) is 3.25. The Labute approximate surface area is 141 Å². The number of aromatic nitrogens is 3. The van der Waals surface area contributed by atoms with Crippen LogP contribution in [0, 0.1) is 5.92 Å². The minimum absolute atomic E-state index is 0.111. The standard InChI is InChI=1S/C19H22N4O/c1-14(2)13-20-19(24)18-12-16(17-10-7-11-22(17)3)21-23(18)15-8-5-4-6-9-15/h4-12,14H,13H2,1-3H3,(H,20,24). The number of hydrogen-bond acceptors (Lipinski definition) is 2. The van der Waals surface area contributed by atoms with Crippen molar-refractivity contribution >= 4 is 5.91 Å². The zero-order valence-electron chi connectivity index (χ0n) is 14.2. The van der Waals surface area contributed by atoms with Crippen LogP contribution in [0.3, 0.4) is 0 Å². The van der Waals surface area contributed by atoms with Gasteiger partial charge >= 0.3 is 0 Å². The van der Waals surface area contributed by atoms with Gasteiger partial charge in [-0.2, -0.15) is 5.10 Å². The Hall–Kier alpha value is -2.82. The van der Waals surface area contributed by atoms with Gasteiger partial charge in [-0.05, 0) is 36.2 Å². The fourth-order valence-corrected chi connectivity index (χ4v) is 2.55. The Morgan fingerprint density at radius 1 is 1.17 bits per heavy atom. The molecule has 3 aromatic rings. The Bertz CT molecular complexity index is 830. The maximum Gasteiger partial charge on any atom is 0.270 e. The summed E-state index contributed by atoms with van der Waals surface area (Å²) in [6.07, 6.45) is 1.97. The molecule has 0 fully saturated rings. The van der Waals surface area contributed by atoms with Crippen LogP contribution in [0.1, 0.15) is 24.3 Å². The fraction of sp³-hybridized carbons (Fsp3) is 0.263. The van der Waals surface area contributed by atoms with Crippen molar-refractivity contribution in [1.82, 2.24) is 19.7 Å². The molecule has 3 rings (SSSR count). The average molecular weight is 322 g/mol. The van der Waals surface area contributed by atoms with Crippen molar-refractivity contribution in [2.45, 2.75) is 13.8 Å². The van der Waals surface area contributed by atoms with Gasteiger partial charge in [0, 0.05) is 19.8 Å². The van der Waals surface area contributed by atoms with Crippen LogP contribution in [-0.2, 0) is 7.05 Å². The van der Waals surface area contributed by atoms with E-state index in [0.717, 1.165) is 17.1 Å². The second-order valence-corrected chi connectivity index (χ2v) is 6.27. The average Bonchev–Trinajstić information content (AvgIpc) is 3.19. The highest BCUT2D eigenvalue weighted by Crippen LogP contribution is 2.22. The maximum atomic E-state index is 12.6. The van der Waals surface area contributed by atoms with Gasteiger partial charge in [-0.25, -0.2) is 4.68 Å². The lowest BCUT2D eigenvalue weighted by Crippen LogP contribution is -2.29. The van der Waals surface area contributed by atoms with E-state index in [1.165, 1.54) is 0 Å². The Morgan fingerprint density at radius 3 is 2.54 bits per heavy atom. The zero-order valence-corrected chi connectivity index (χ0v) is 14.2. The van der Waals surface area contributed by atoms with Gasteiger partial charge in [0.2, 0.25) is 0 Å². The molecule has 5 nitrogen and oxygen atoms in total. The molecule has 0 aliphatic heterocycles. The van der Waals surface area contributed by atoms with Crippen LogP contribution in [0.15, 0.2) is 54.7 Å². The van der Waals surface area contributed by atoms with Gasteiger partial charge in [0.05, 0.1) is 11.4 Å². The van der Waals surface area contributed by atoms with E-state index in [1.54, 1.807) is 4.68 Å². The predicted octanol–water partition coefficient (Wildman–Crippen LogP) is 3.26. The van der Waals surface area contributed by atoms with E-state index in [-0.39, 0.29) is 5.91 Å². The van der Waals surface area contributed by atoms with Crippen LogP contribution in [0.4, 0.5) is 0 Å². The first-order valence-corrected chi connectivity index (χ1v) is 8.11. The van der Waals surface area contributed by atoms with Crippen molar-refractivity contribution in [3.05, 3.63) is 60.4 Å². The number of amides is 1. The highest BCUT2D eigenvalue weighted by molar-refractivity contribution is 5.94. The number of rotatable bonds is 5. The molecule has 0 saturated carbocycles. The minimum atomic E-state index is -0.111. The Morgan fingerprint density at radius 2 is 1.92 bits per heavy atom. The number of nitrogens with zero attached hydrogens (tertiary/aromatic N) is 3. The number of para-hydroxylation sites is 1. The molecule has 0 saturated heterocycles. The summed E-state index contributed by atoms with van der Waals surface area (Å²) in [5, 5.41) is 7.64. The monoisotopic (exact) mass is 322 g/mol. The van der Waals surface area contributed by atoms with Crippen molar-refractivity contribution in [2.24, 2.45) is 13.0 Å². The highest BCUT2D eigenvalue weighted by atomic mass is 16.2. The number of hydrogen-bond donors (Lipinski definition) is 1. The van der Waals surface area contributed by atoms with Crippen LogP contribution >= 0.6 is 0 Å². The molecule has 0 atom stereocenters. The van der Waals surface area contributed by atoms with Gasteiger partial charge in [0.1, 0.15) is 11.4 Å². The summed E-state index contributed by atoms with van der Waals surface area (Å²) in [6.45, 7) is 4.78. The van der Waals surface area contributed by atoms with Crippen LogP contribution in [0.25, 0.3) is 17.1 Å². The van der Waals surface area contributed by atoms with E-state index < -0.39 is 0 Å². The van der Waals surface area contributed by atoms with Gasteiger partial charge in [-0.1, -0.05) is 32.0 Å². The second kappa shape index (κ2) is 6.74. The first-order chi connectivity index (χ1) is 11.6. The van der Waals surface area contributed by atoms with Gasteiger partial charge in [-0.3, -0.25) is 4.79 Å². The molecule has 0 spiro atoms. The van der Waals surface area contributed by atoms with Crippen LogP contribution in [0.2, 0.25) is 0 Å². The lowest BCUT2D eigenvalue weighted by atomic mass is 10.2. The van der Waals surface area contributed by atoms with Crippen molar-refractivity contribution in [3.63, 3.8) is 0 Å². The molecule has 5 heteroatoms. The molecule has 24 heavy (non-hydrogen) atoms. The molecule has 0 radical (unpaired) electrons. The van der Waals surface area contributed by atoms with Crippen LogP contribution < -0.4 is 5.32 Å². The first-order valence-electron chi connectivity index (χ1n) is 8.11. The van der Waals surface area contributed by atoms with Crippen molar-refractivity contribution < 1.29 is 4.79 Å². The molecular weight excluding hydrogens is 300 g/mol. The third-order valence-electron chi connectivity index (χ3n) is 3.82. The van der Waals surface area contributed by atoms with Gasteiger partial charge < -0.3 is 9.88 Å². The summed E-state index contributed by atoms with van der Waals surface area (Å²) < 4.78 is 3.70. The molecule has 2 heterocycles. The Balaban J connectivity index is 2.04. The maximum absolute atomic E-state index is 12.6. The fourth-order valence-electron chi connectivity index (χ4n) is 2.55. The normalized spacial score (nSPS) is 11.0. The summed E-state index contributed by atoms with van der Waals surface area (Å²) in [5.74, 6) is 0.287. The number of nitrogens with one attached hydrogen (secondary N) is 1. The van der Waals surface area contributed by atoms with Crippen molar-refractivity contribution in [2.75, 3.05) is 6.54 Å². The SMILES string of the molecule is CC(C)CNC(=O)c1cc(-c2cccn2C)nn1-c1ccccc1. The number of carbonyl (C=O) groups is 1. The first kappa shape index (κ1) is 16.1. The van der Waals surface area contributed by atoms with E-state index >= 15 is 0 Å².